The van der Waals surface area contributed by atoms with Crippen molar-refractivity contribution in [1.82, 2.24) is 10.2 Å². The van der Waals surface area contributed by atoms with Crippen LogP contribution in [0.5, 0.6) is 0 Å². The van der Waals surface area contributed by atoms with E-state index in [1.165, 1.54) is 0 Å². The van der Waals surface area contributed by atoms with Crippen LogP contribution in [0.15, 0.2) is 0 Å². The fraction of sp³-hybridized carbons (Fsp3) is 0.875. The molecule has 1 unspecified atom stereocenters. The zero-order valence-electron chi connectivity index (χ0n) is 14.0. The first-order chi connectivity index (χ1) is 10.1. The molecule has 0 spiro atoms. The van der Waals surface area contributed by atoms with E-state index in [1.807, 2.05) is 13.8 Å². The molecule has 0 rings (SSSR count). The van der Waals surface area contributed by atoms with Gasteiger partial charge in [0.25, 0.3) is 0 Å². The van der Waals surface area contributed by atoms with Gasteiger partial charge in [-0.15, -0.1) is 0 Å². The van der Waals surface area contributed by atoms with Gasteiger partial charge in [0.2, 0.25) is 11.8 Å². The number of nitrogens with one attached hydrogen (secondary N) is 1. The third kappa shape index (κ3) is 9.45. The van der Waals surface area contributed by atoms with E-state index in [4.69, 9.17) is 5.73 Å². The SMILES string of the molecule is CCCC(CCN)CCC(=O)NCCC(=O)N(CC)CC. The number of hydrogen-bond donors (Lipinski definition) is 2. The van der Waals surface area contributed by atoms with Crippen LogP contribution in [-0.2, 0) is 9.59 Å². The van der Waals surface area contributed by atoms with E-state index in [0.717, 1.165) is 38.8 Å². The number of carbonyl (C=O) groups excluding carboxylic acids is 2. The number of amides is 2. The first-order valence-corrected chi connectivity index (χ1v) is 8.33. The summed E-state index contributed by atoms with van der Waals surface area (Å²) in [6.45, 7) is 8.65. The summed E-state index contributed by atoms with van der Waals surface area (Å²) in [6, 6.07) is 0. The van der Waals surface area contributed by atoms with Crippen molar-refractivity contribution in [3.05, 3.63) is 0 Å². The van der Waals surface area contributed by atoms with E-state index in [9.17, 15) is 9.59 Å². The average molecular weight is 299 g/mol. The van der Waals surface area contributed by atoms with Crippen LogP contribution < -0.4 is 11.1 Å². The lowest BCUT2D eigenvalue weighted by molar-refractivity contribution is -0.130. The Balaban J connectivity index is 3.86. The summed E-state index contributed by atoms with van der Waals surface area (Å²) < 4.78 is 0. The fourth-order valence-corrected chi connectivity index (χ4v) is 2.54. The molecular weight excluding hydrogens is 266 g/mol. The van der Waals surface area contributed by atoms with Gasteiger partial charge in [-0.2, -0.15) is 0 Å². The molecule has 2 amide bonds. The molecule has 124 valence electrons. The summed E-state index contributed by atoms with van der Waals surface area (Å²) in [5, 5.41) is 2.84. The summed E-state index contributed by atoms with van der Waals surface area (Å²) >= 11 is 0. The molecular formula is C16H33N3O2. The van der Waals surface area contributed by atoms with Crippen LogP contribution in [0.25, 0.3) is 0 Å². The molecule has 0 bridgehead atoms. The van der Waals surface area contributed by atoms with Crippen molar-refractivity contribution in [2.24, 2.45) is 11.7 Å². The molecule has 21 heavy (non-hydrogen) atoms. The fourth-order valence-electron chi connectivity index (χ4n) is 2.54. The average Bonchev–Trinajstić information content (AvgIpc) is 2.46. The lowest BCUT2D eigenvalue weighted by Crippen LogP contribution is -2.34. The van der Waals surface area contributed by atoms with Gasteiger partial charge >= 0.3 is 0 Å². The van der Waals surface area contributed by atoms with E-state index in [0.29, 0.717) is 31.8 Å². The zero-order valence-corrected chi connectivity index (χ0v) is 14.0. The van der Waals surface area contributed by atoms with Gasteiger partial charge in [0, 0.05) is 32.5 Å². The standard InChI is InChI=1S/C16H33N3O2/c1-4-7-14(10-12-17)8-9-15(20)18-13-11-16(21)19(5-2)6-3/h14H,4-13,17H2,1-3H3,(H,18,20). The Hall–Kier alpha value is -1.10. The molecule has 1 atom stereocenters. The van der Waals surface area contributed by atoms with Crippen LogP contribution in [0.3, 0.4) is 0 Å². The molecule has 0 aliphatic heterocycles. The van der Waals surface area contributed by atoms with Crippen molar-refractivity contribution < 1.29 is 9.59 Å². The van der Waals surface area contributed by atoms with Crippen LogP contribution in [0, 0.1) is 5.92 Å². The van der Waals surface area contributed by atoms with Crippen LogP contribution in [-0.4, -0.2) is 42.9 Å². The Morgan fingerprint density at radius 1 is 1.05 bits per heavy atom. The van der Waals surface area contributed by atoms with E-state index >= 15 is 0 Å². The number of hydrogen-bond acceptors (Lipinski definition) is 3. The molecule has 0 fully saturated rings. The minimum atomic E-state index is 0.0421. The molecule has 3 N–H and O–H groups in total. The van der Waals surface area contributed by atoms with E-state index in [-0.39, 0.29) is 11.8 Å². The summed E-state index contributed by atoms with van der Waals surface area (Å²) in [7, 11) is 0. The Labute approximate surface area is 129 Å². The van der Waals surface area contributed by atoms with Crippen molar-refractivity contribution in [2.75, 3.05) is 26.2 Å². The van der Waals surface area contributed by atoms with Crippen LogP contribution >= 0.6 is 0 Å². The lowest BCUT2D eigenvalue weighted by atomic mass is 9.94. The number of nitrogens with two attached hydrogens (primary N) is 1. The molecule has 5 nitrogen and oxygen atoms in total. The zero-order chi connectivity index (χ0) is 16.1. The van der Waals surface area contributed by atoms with Crippen LogP contribution in [0.2, 0.25) is 0 Å². The van der Waals surface area contributed by atoms with E-state index < -0.39 is 0 Å². The van der Waals surface area contributed by atoms with Crippen molar-refractivity contribution >= 4 is 11.8 Å². The third-order valence-electron chi connectivity index (χ3n) is 3.83. The van der Waals surface area contributed by atoms with Crippen LogP contribution in [0.1, 0.15) is 59.3 Å². The van der Waals surface area contributed by atoms with Crippen molar-refractivity contribution in [2.45, 2.75) is 59.3 Å². The van der Waals surface area contributed by atoms with E-state index in [2.05, 4.69) is 12.2 Å². The minimum Gasteiger partial charge on any atom is -0.356 e. The van der Waals surface area contributed by atoms with Crippen molar-refractivity contribution in [3.63, 3.8) is 0 Å². The maximum Gasteiger partial charge on any atom is 0.224 e. The topological polar surface area (TPSA) is 75.4 Å². The molecule has 0 saturated carbocycles. The predicted molar refractivity (Wildman–Crippen MR) is 86.9 cm³/mol. The predicted octanol–water partition coefficient (Wildman–Crippen LogP) is 1.91. The molecule has 0 radical (unpaired) electrons. The molecule has 0 heterocycles. The summed E-state index contributed by atoms with van der Waals surface area (Å²) in [6.07, 6.45) is 5.05. The third-order valence-corrected chi connectivity index (χ3v) is 3.83. The maximum absolute atomic E-state index is 11.8. The Bertz CT molecular complexity index is 285. The molecule has 0 aromatic carbocycles. The Kier molecular flexibility index (Phi) is 12.0. The second kappa shape index (κ2) is 12.6. The largest absolute Gasteiger partial charge is 0.356 e. The number of carbonyl (C=O) groups is 2. The van der Waals surface area contributed by atoms with Gasteiger partial charge in [-0.1, -0.05) is 19.8 Å². The molecule has 0 aliphatic rings. The van der Waals surface area contributed by atoms with Gasteiger partial charge < -0.3 is 16.0 Å². The molecule has 0 aromatic heterocycles. The molecule has 5 heteroatoms. The van der Waals surface area contributed by atoms with Gasteiger partial charge in [0.05, 0.1) is 0 Å². The van der Waals surface area contributed by atoms with Crippen molar-refractivity contribution in [3.8, 4) is 0 Å². The second-order valence-corrected chi connectivity index (χ2v) is 5.44. The first-order valence-electron chi connectivity index (χ1n) is 8.33. The Morgan fingerprint density at radius 3 is 2.24 bits per heavy atom. The highest BCUT2D eigenvalue weighted by molar-refractivity contribution is 5.79. The minimum absolute atomic E-state index is 0.0421. The molecule has 0 aliphatic carbocycles. The highest BCUT2D eigenvalue weighted by Gasteiger charge is 2.12. The maximum atomic E-state index is 11.8. The smallest absolute Gasteiger partial charge is 0.224 e. The first kappa shape index (κ1) is 19.9. The summed E-state index contributed by atoms with van der Waals surface area (Å²) in [5.41, 5.74) is 5.59. The van der Waals surface area contributed by atoms with Gasteiger partial charge in [-0.25, -0.2) is 0 Å². The van der Waals surface area contributed by atoms with Crippen LogP contribution in [0.4, 0.5) is 0 Å². The van der Waals surface area contributed by atoms with Gasteiger partial charge in [-0.3, -0.25) is 9.59 Å². The quantitative estimate of drug-likeness (QED) is 0.578. The number of nitrogens with zero attached hydrogens (tertiary/aromatic N) is 1. The lowest BCUT2D eigenvalue weighted by Gasteiger charge is -2.18. The van der Waals surface area contributed by atoms with Gasteiger partial charge in [0.1, 0.15) is 0 Å². The summed E-state index contributed by atoms with van der Waals surface area (Å²) in [4.78, 5) is 25.3. The second-order valence-electron chi connectivity index (χ2n) is 5.44. The van der Waals surface area contributed by atoms with E-state index in [1.54, 1.807) is 4.90 Å². The van der Waals surface area contributed by atoms with Gasteiger partial charge in [0.15, 0.2) is 0 Å². The molecule has 0 saturated heterocycles. The number of rotatable bonds is 12. The highest BCUT2D eigenvalue weighted by atomic mass is 16.2. The normalized spacial score (nSPS) is 12.0. The molecule has 0 aromatic rings. The summed E-state index contributed by atoms with van der Waals surface area (Å²) in [5.74, 6) is 0.691. The Morgan fingerprint density at radius 2 is 1.71 bits per heavy atom. The monoisotopic (exact) mass is 299 g/mol. The highest BCUT2D eigenvalue weighted by Crippen LogP contribution is 2.16. The van der Waals surface area contributed by atoms with Gasteiger partial charge in [-0.05, 0) is 39.2 Å². The van der Waals surface area contributed by atoms with Crippen molar-refractivity contribution in [1.29, 1.82) is 0 Å².